The van der Waals surface area contributed by atoms with Crippen molar-refractivity contribution < 1.29 is 27.3 Å². The molecule has 3 aromatic rings. The maximum Gasteiger partial charge on any atom is 0.0857 e. The van der Waals surface area contributed by atoms with Gasteiger partial charge < -0.3 is 10.2 Å². The van der Waals surface area contributed by atoms with Crippen LogP contribution >= 0.6 is 0 Å². The van der Waals surface area contributed by atoms with Crippen molar-refractivity contribution in [1.82, 2.24) is 0 Å². The molecule has 23 heavy (non-hydrogen) atoms. The molecule has 0 amide bonds. The third-order valence-corrected chi connectivity index (χ3v) is 3.52. The second kappa shape index (κ2) is 6.82. The van der Waals surface area contributed by atoms with Crippen molar-refractivity contribution in [3.05, 3.63) is 59.7 Å². The minimum absolute atomic E-state index is 0. The summed E-state index contributed by atoms with van der Waals surface area (Å²) in [7, 11) is 0. The van der Waals surface area contributed by atoms with Crippen molar-refractivity contribution in [1.29, 1.82) is 0 Å². The molecule has 121 valence electrons. The standard InChI is InChI=1S/C18H16N2O2.Cu/c1-11-9-12(2)18(22)15(10-11)19-20-17-14-6-4-3-5-13(14)7-8-16(17)21;/h3-10,21-22H,1-2H3;/p-2. The van der Waals surface area contributed by atoms with Gasteiger partial charge in [-0.05, 0) is 30.9 Å². The Morgan fingerprint density at radius 3 is 2.39 bits per heavy atom. The molecule has 5 heteroatoms. The molecule has 0 aliphatic heterocycles. The van der Waals surface area contributed by atoms with E-state index < -0.39 is 0 Å². The summed E-state index contributed by atoms with van der Waals surface area (Å²) >= 11 is 0. The van der Waals surface area contributed by atoms with E-state index in [-0.39, 0.29) is 39.9 Å². The number of nitrogens with zero attached hydrogens (tertiary/aromatic N) is 2. The van der Waals surface area contributed by atoms with Gasteiger partial charge in [0.05, 0.1) is 11.4 Å². The minimum Gasteiger partial charge on any atom is -0.871 e. The Bertz CT molecular complexity index is 892. The normalized spacial score (nSPS) is 10.9. The van der Waals surface area contributed by atoms with Crippen LogP contribution in [0.15, 0.2) is 58.8 Å². The molecule has 0 aliphatic rings. The first kappa shape index (κ1) is 17.0. The molecule has 1 radical (unpaired) electrons. The SMILES string of the molecule is Cc1cc(C)c([O-])c(N=Nc2c([O-])ccc3ccccc23)c1.[Cu]. The number of rotatable bonds is 2. The van der Waals surface area contributed by atoms with Gasteiger partial charge in [-0.25, -0.2) is 0 Å². The molecule has 0 N–H and O–H groups in total. The number of hydrogen-bond donors (Lipinski definition) is 0. The van der Waals surface area contributed by atoms with Gasteiger partial charge in [-0.15, -0.1) is 0 Å². The maximum atomic E-state index is 12.1. The Kier molecular flexibility index (Phi) is 5.04. The van der Waals surface area contributed by atoms with Crippen molar-refractivity contribution in [2.45, 2.75) is 13.8 Å². The van der Waals surface area contributed by atoms with E-state index in [0.717, 1.165) is 16.3 Å². The predicted octanol–water partition coefficient (Wildman–Crippen LogP) is 4.02. The van der Waals surface area contributed by atoms with Gasteiger partial charge in [-0.3, -0.25) is 0 Å². The quantitative estimate of drug-likeness (QED) is 0.515. The first-order valence-corrected chi connectivity index (χ1v) is 6.95. The molecule has 0 unspecified atom stereocenters. The van der Waals surface area contributed by atoms with Gasteiger partial charge in [0.2, 0.25) is 0 Å². The number of benzene rings is 3. The molecular weight excluding hydrogens is 340 g/mol. The van der Waals surface area contributed by atoms with Crippen molar-refractivity contribution in [3.63, 3.8) is 0 Å². The third kappa shape index (κ3) is 3.36. The summed E-state index contributed by atoms with van der Waals surface area (Å²) in [6, 6.07) is 14.2. The van der Waals surface area contributed by atoms with Crippen LogP contribution in [0.2, 0.25) is 0 Å². The van der Waals surface area contributed by atoms with Crippen LogP contribution in [0.3, 0.4) is 0 Å². The summed E-state index contributed by atoms with van der Waals surface area (Å²) in [6.07, 6.45) is 0. The Morgan fingerprint density at radius 1 is 0.870 bits per heavy atom. The fraction of sp³-hybridized carbons (Fsp3) is 0.111. The molecule has 0 fully saturated rings. The van der Waals surface area contributed by atoms with Gasteiger partial charge in [0.15, 0.2) is 0 Å². The van der Waals surface area contributed by atoms with Crippen LogP contribution in [-0.2, 0) is 17.1 Å². The molecule has 3 rings (SSSR count). The second-order valence-electron chi connectivity index (χ2n) is 5.26. The van der Waals surface area contributed by atoms with Gasteiger partial charge in [0.25, 0.3) is 0 Å². The zero-order valence-corrected chi connectivity index (χ0v) is 13.6. The Hall–Kier alpha value is -2.36. The third-order valence-electron chi connectivity index (χ3n) is 3.52. The van der Waals surface area contributed by atoms with Gasteiger partial charge >= 0.3 is 0 Å². The summed E-state index contributed by atoms with van der Waals surface area (Å²) in [5, 5.41) is 33.8. The fourth-order valence-electron chi connectivity index (χ4n) is 2.45. The van der Waals surface area contributed by atoms with E-state index in [1.165, 1.54) is 6.07 Å². The molecular formula is C18H14CuN2O2-2. The molecule has 0 atom stereocenters. The van der Waals surface area contributed by atoms with E-state index in [1.807, 2.05) is 31.2 Å². The molecule has 0 heterocycles. The average Bonchev–Trinajstić information content (AvgIpc) is 2.50. The topological polar surface area (TPSA) is 70.8 Å². The Balaban J connectivity index is 0.00000192. The van der Waals surface area contributed by atoms with E-state index in [4.69, 9.17) is 0 Å². The van der Waals surface area contributed by atoms with E-state index in [2.05, 4.69) is 10.2 Å². The second-order valence-corrected chi connectivity index (χ2v) is 5.26. The summed E-state index contributed by atoms with van der Waals surface area (Å²) in [6.45, 7) is 3.63. The molecule has 0 saturated carbocycles. The van der Waals surface area contributed by atoms with E-state index in [9.17, 15) is 10.2 Å². The molecule has 3 aromatic carbocycles. The molecule has 0 spiro atoms. The zero-order chi connectivity index (χ0) is 15.7. The summed E-state index contributed by atoms with van der Waals surface area (Å²) < 4.78 is 0. The molecule has 0 aromatic heterocycles. The average molecular weight is 354 g/mol. The summed E-state index contributed by atoms with van der Waals surface area (Å²) in [4.78, 5) is 0. The van der Waals surface area contributed by atoms with Crippen LogP contribution in [0.5, 0.6) is 11.5 Å². The van der Waals surface area contributed by atoms with Crippen LogP contribution in [0, 0.1) is 13.8 Å². The van der Waals surface area contributed by atoms with Crippen molar-refractivity contribution >= 4 is 22.1 Å². The van der Waals surface area contributed by atoms with Crippen molar-refractivity contribution in [3.8, 4) is 11.5 Å². The number of aryl methyl sites for hydroxylation is 2. The van der Waals surface area contributed by atoms with Crippen LogP contribution in [0.1, 0.15) is 11.1 Å². The molecule has 0 aliphatic carbocycles. The van der Waals surface area contributed by atoms with Gasteiger partial charge in [-0.1, -0.05) is 59.5 Å². The monoisotopic (exact) mass is 353 g/mol. The van der Waals surface area contributed by atoms with Crippen LogP contribution in [0.4, 0.5) is 11.4 Å². The van der Waals surface area contributed by atoms with Crippen molar-refractivity contribution in [2.75, 3.05) is 0 Å². The van der Waals surface area contributed by atoms with Crippen LogP contribution < -0.4 is 10.2 Å². The molecule has 4 nitrogen and oxygen atoms in total. The summed E-state index contributed by atoms with van der Waals surface area (Å²) in [5.41, 5.74) is 2.07. The van der Waals surface area contributed by atoms with Gasteiger partial charge in [0, 0.05) is 22.5 Å². The first-order chi connectivity index (χ1) is 10.6. The van der Waals surface area contributed by atoms with E-state index in [1.54, 1.807) is 25.1 Å². The number of azo groups is 1. The fourth-order valence-corrected chi connectivity index (χ4v) is 2.45. The minimum atomic E-state index is -0.209. The van der Waals surface area contributed by atoms with Gasteiger partial charge in [0.1, 0.15) is 0 Å². The smallest absolute Gasteiger partial charge is 0.0857 e. The molecule has 0 bridgehead atoms. The summed E-state index contributed by atoms with van der Waals surface area (Å²) in [5.74, 6) is -0.374. The van der Waals surface area contributed by atoms with E-state index >= 15 is 0 Å². The van der Waals surface area contributed by atoms with Crippen LogP contribution in [-0.4, -0.2) is 0 Å². The number of hydrogen-bond acceptors (Lipinski definition) is 4. The van der Waals surface area contributed by atoms with E-state index in [0.29, 0.717) is 5.56 Å². The van der Waals surface area contributed by atoms with Crippen LogP contribution in [0.25, 0.3) is 10.8 Å². The molecule has 0 saturated heterocycles. The predicted molar refractivity (Wildman–Crippen MR) is 82.9 cm³/mol. The zero-order valence-electron chi connectivity index (χ0n) is 12.6. The van der Waals surface area contributed by atoms with Crippen molar-refractivity contribution in [2.24, 2.45) is 10.2 Å². The largest absolute Gasteiger partial charge is 0.871 e. The maximum absolute atomic E-state index is 12.1. The first-order valence-electron chi connectivity index (χ1n) is 6.95. The Labute approximate surface area is 145 Å². The number of fused-ring (bicyclic) bond motifs is 1. The van der Waals surface area contributed by atoms with Gasteiger partial charge in [-0.2, -0.15) is 10.2 Å². The Morgan fingerprint density at radius 2 is 1.61 bits per heavy atom.